The van der Waals surface area contributed by atoms with Crippen LogP contribution in [-0.4, -0.2) is 25.0 Å². The molecule has 15 heavy (non-hydrogen) atoms. The van der Waals surface area contributed by atoms with Crippen molar-refractivity contribution >= 4 is 5.91 Å². The molecule has 0 bridgehead atoms. The lowest BCUT2D eigenvalue weighted by molar-refractivity contribution is -0.121. The highest BCUT2D eigenvalue weighted by atomic mass is 16.1. The fraction of sp³-hybridized carbons (Fsp3) is 0.750. The molecular formula is C12H24N2O. The quantitative estimate of drug-likeness (QED) is 0.476. The monoisotopic (exact) mass is 212 g/mol. The average molecular weight is 212 g/mol. The van der Waals surface area contributed by atoms with Crippen molar-refractivity contribution in [2.45, 2.75) is 46.1 Å². The van der Waals surface area contributed by atoms with Crippen LogP contribution >= 0.6 is 0 Å². The van der Waals surface area contributed by atoms with Crippen LogP contribution < -0.4 is 10.6 Å². The number of allylic oxidation sites excluding steroid dienone is 1. The van der Waals surface area contributed by atoms with Crippen molar-refractivity contribution in [2.75, 3.05) is 13.1 Å². The summed E-state index contributed by atoms with van der Waals surface area (Å²) in [4.78, 5) is 11.3. The van der Waals surface area contributed by atoms with E-state index in [0.29, 0.717) is 12.5 Å². The molecule has 0 saturated carbocycles. The van der Waals surface area contributed by atoms with Crippen LogP contribution in [0.5, 0.6) is 0 Å². The molecule has 0 unspecified atom stereocenters. The molecule has 88 valence electrons. The van der Waals surface area contributed by atoms with Crippen LogP contribution in [-0.2, 0) is 4.79 Å². The second kappa shape index (κ2) is 9.71. The molecular weight excluding hydrogens is 188 g/mol. The van der Waals surface area contributed by atoms with Gasteiger partial charge in [-0.3, -0.25) is 4.79 Å². The van der Waals surface area contributed by atoms with Crippen LogP contribution in [0, 0.1) is 0 Å². The van der Waals surface area contributed by atoms with Gasteiger partial charge in [0.05, 0.1) is 0 Å². The molecule has 2 N–H and O–H groups in total. The van der Waals surface area contributed by atoms with Crippen molar-refractivity contribution in [3.05, 3.63) is 12.2 Å². The predicted molar refractivity (Wildman–Crippen MR) is 64.8 cm³/mol. The van der Waals surface area contributed by atoms with Gasteiger partial charge in [0, 0.05) is 19.0 Å². The molecule has 0 aliphatic rings. The van der Waals surface area contributed by atoms with Gasteiger partial charge in [-0.25, -0.2) is 0 Å². The largest absolute Gasteiger partial charge is 0.356 e. The Bertz CT molecular complexity index is 188. The fourth-order valence-corrected chi connectivity index (χ4v) is 1.19. The van der Waals surface area contributed by atoms with Crippen molar-refractivity contribution in [3.8, 4) is 0 Å². The molecule has 0 atom stereocenters. The van der Waals surface area contributed by atoms with Gasteiger partial charge in [-0.1, -0.05) is 26.0 Å². The highest BCUT2D eigenvalue weighted by Crippen LogP contribution is 1.89. The van der Waals surface area contributed by atoms with Crippen molar-refractivity contribution in [1.29, 1.82) is 0 Å². The second-order valence-corrected chi connectivity index (χ2v) is 3.92. The van der Waals surface area contributed by atoms with Gasteiger partial charge in [-0.15, -0.1) is 0 Å². The molecule has 0 saturated heterocycles. The van der Waals surface area contributed by atoms with E-state index >= 15 is 0 Å². The molecule has 3 nitrogen and oxygen atoms in total. The molecule has 0 rings (SSSR count). The SMILES string of the molecule is C/C=C/CCNC(=O)CCCNC(C)C. The first-order valence-corrected chi connectivity index (χ1v) is 5.78. The lowest BCUT2D eigenvalue weighted by Crippen LogP contribution is -2.27. The third kappa shape index (κ3) is 11.1. The number of carbonyl (C=O) groups is 1. The van der Waals surface area contributed by atoms with Crippen LogP contribution in [0.15, 0.2) is 12.2 Å². The number of amides is 1. The minimum Gasteiger partial charge on any atom is -0.356 e. The highest BCUT2D eigenvalue weighted by molar-refractivity contribution is 5.75. The summed E-state index contributed by atoms with van der Waals surface area (Å²) in [6.07, 6.45) is 6.51. The van der Waals surface area contributed by atoms with Crippen LogP contribution in [0.25, 0.3) is 0 Å². The number of rotatable bonds is 8. The first-order valence-electron chi connectivity index (χ1n) is 5.78. The molecule has 0 heterocycles. The van der Waals surface area contributed by atoms with Crippen molar-refractivity contribution < 1.29 is 4.79 Å². The second-order valence-electron chi connectivity index (χ2n) is 3.92. The number of carbonyl (C=O) groups excluding carboxylic acids is 1. The summed E-state index contributed by atoms with van der Waals surface area (Å²) >= 11 is 0. The van der Waals surface area contributed by atoms with Gasteiger partial charge in [-0.2, -0.15) is 0 Å². The molecule has 0 spiro atoms. The number of nitrogens with one attached hydrogen (secondary N) is 2. The molecule has 0 aromatic carbocycles. The normalized spacial score (nSPS) is 11.2. The van der Waals surface area contributed by atoms with Crippen molar-refractivity contribution in [1.82, 2.24) is 10.6 Å². The van der Waals surface area contributed by atoms with Gasteiger partial charge in [0.2, 0.25) is 5.91 Å². The van der Waals surface area contributed by atoms with E-state index < -0.39 is 0 Å². The zero-order valence-electron chi connectivity index (χ0n) is 10.2. The molecule has 3 heteroatoms. The molecule has 0 aliphatic heterocycles. The van der Waals surface area contributed by atoms with E-state index in [1.165, 1.54) is 0 Å². The zero-order chi connectivity index (χ0) is 11.5. The fourth-order valence-electron chi connectivity index (χ4n) is 1.19. The van der Waals surface area contributed by atoms with Crippen LogP contribution in [0.4, 0.5) is 0 Å². The molecule has 0 radical (unpaired) electrons. The Morgan fingerprint density at radius 3 is 2.67 bits per heavy atom. The third-order valence-electron chi connectivity index (χ3n) is 2.00. The minimum absolute atomic E-state index is 0.157. The van der Waals surface area contributed by atoms with E-state index in [2.05, 4.69) is 30.6 Å². The van der Waals surface area contributed by atoms with E-state index in [9.17, 15) is 4.79 Å². The van der Waals surface area contributed by atoms with Gasteiger partial charge in [0.25, 0.3) is 0 Å². The van der Waals surface area contributed by atoms with E-state index in [1.54, 1.807) is 0 Å². The summed E-state index contributed by atoms with van der Waals surface area (Å²) in [6, 6.07) is 0.503. The molecule has 0 aromatic rings. The maximum atomic E-state index is 11.3. The van der Waals surface area contributed by atoms with Crippen LogP contribution in [0.1, 0.15) is 40.0 Å². The van der Waals surface area contributed by atoms with Crippen LogP contribution in [0.2, 0.25) is 0 Å². The molecule has 0 aromatic heterocycles. The summed E-state index contributed by atoms with van der Waals surface area (Å²) in [5.41, 5.74) is 0. The first-order chi connectivity index (χ1) is 7.16. The van der Waals surface area contributed by atoms with Gasteiger partial charge >= 0.3 is 0 Å². The Balaban J connectivity index is 3.26. The number of hydrogen-bond donors (Lipinski definition) is 2. The molecule has 1 amide bonds. The Morgan fingerprint density at radius 1 is 1.33 bits per heavy atom. The molecule has 0 aliphatic carbocycles. The zero-order valence-corrected chi connectivity index (χ0v) is 10.2. The summed E-state index contributed by atoms with van der Waals surface area (Å²) in [7, 11) is 0. The van der Waals surface area contributed by atoms with Crippen molar-refractivity contribution in [3.63, 3.8) is 0 Å². The Labute approximate surface area is 93.3 Å². The standard InChI is InChI=1S/C12H24N2O/c1-4-5-6-9-14-12(15)8-7-10-13-11(2)3/h4-5,11,13H,6-10H2,1-3H3,(H,14,15)/b5-4+. The molecule has 0 fully saturated rings. The Kier molecular flexibility index (Phi) is 9.18. The van der Waals surface area contributed by atoms with Gasteiger partial charge < -0.3 is 10.6 Å². The highest BCUT2D eigenvalue weighted by Gasteiger charge is 1.99. The van der Waals surface area contributed by atoms with Crippen LogP contribution in [0.3, 0.4) is 0 Å². The predicted octanol–water partition coefficient (Wildman–Crippen LogP) is 1.85. The van der Waals surface area contributed by atoms with E-state index in [1.807, 2.05) is 13.0 Å². The minimum atomic E-state index is 0.157. The van der Waals surface area contributed by atoms with Gasteiger partial charge in [-0.05, 0) is 26.3 Å². The lowest BCUT2D eigenvalue weighted by Gasteiger charge is -2.07. The Morgan fingerprint density at radius 2 is 2.07 bits per heavy atom. The van der Waals surface area contributed by atoms with Gasteiger partial charge in [0.1, 0.15) is 0 Å². The number of hydrogen-bond acceptors (Lipinski definition) is 2. The topological polar surface area (TPSA) is 41.1 Å². The van der Waals surface area contributed by atoms with E-state index in [-0.39, 0.29) is 5.91 Å². The Hall–Kier alpha value is -0.830. The summed E-state index contributed by atoms with van der Waals surface area (Å²) in [5.74, 6) is 0.157. The average Bonchev–Trinajstić information content (AvgIpc) is 2.19. The summed E-state index contributed by atoms with van der Waals surface area (Å²) in [5, 5.41) is 6.17. The summed E-state index contributed by atoms with van der Waals surface area (Å²) in [6.45, 7) is 7.87. The van der Waals surface area contributed by atoms with E-state index in [4.69, 9.17) is 0 Å². The van der Waals surface area contributed by atoms with Gasteiger partial charge in [0.15, 0.2) is 0 Å². The van der Waals surface area contributed by atoms with Crippen molar-refractivity contribution in [2.24, 2.45) is 0 Å². The maximum Gasteiger partial charge on any atom is 0.220 e. The van der Waals surface area contributed by atoms with E-state index in [0.717, 1.165) is 25.9 Å². The third-order valence-corrected chi connectivity index (χ3v) is 2.00. The maximum absolute atomic E-state index is 11.3. The first kappa shape index (κ1) is 14.2. The smallest absolute Gasteiger partial charge is 0.220 e. The lowest BCUT2D eigenvalue weighted by atomic mass is 10.2. The summed E-state index contributed by atoms with van der Waals surface area (Å²) < 4.78 is 0.